The van der Waals surface area contributed by atoms with E-state index in [0.717, 1.165) is 38.4 Å². The Kier molecular flexibility index (Phi) is 7.72. The predicted octanol–water partition coefficient (Wildman–Crippen LogP) is 1.81. The van der Waals surface area contributed by atoms with E-state index in [1.165, 1.54) is 0 Å². The lowest BCUT2D eigenvalue weighted by atomic mass is 10.2. The van der Waals surface area contributed by atoms with Gasteiger partial charge in [-0.3, -0.25) is 14.5 Å². The van der Waals surface area contributed by atoms with Crippen molar-refractivity contribution in [3.63, 3.8) is 0 Å². The van der Waals surface area contributed by atoms with Crippen LogP contribution < -0.4 is 5.32 Å². The van der Waals surface area contributed by atoms with E-state index < -0.39 is 0 Å². The minimum Gasteiger partial charge on any atom is -0.379 e. The quantitative estimate of drug-likeness (QED) is 0.737. The van der Waals surface area contributed by atoms with Crippen LogP contribution in [0.4, 0.5) is 0 Å². The maximum absolute atomic E-state index is 12.9. The number of ether oxygens (including phenoxy) is 1. The second-order valence-corrected chi connectivity index (χ2v) is 6.92. The molecule has 0 saturated carbocycles. The van der Waals surface area contributed by atoms with Crippen LogP contribution >= 0.6 is 0 Å². The Morgan fingerprint density at radius 2 is 1.79 bits per heavy atom. The first kappa shape index (κ1) is 21.0. The lowest BCUT2D eigenvalue weighted by Crippen LogP contribution is -2.41. The van der Waals surface area contributed by atoms with Crippen molar-refractivity contribution in [1.82, 2.24) is 20.1 Å². The Bertz CT molecular complexity index is 807. The number of nitrogens with one attached hydrogen (secondary N) is 1. The first-order chi connectivity index (χ1) is 14.2. The molecular weight excluding hydrogens is 368 g/mol. The molecule has 1 aliphatic rings. The zero-order valence-corrected chi connectivity index (χ0v) is 16.8. The van der Waals surface area contributed by atoms with Gasteiger partial charge in [-0.15, -0.1) is 0 Å². The van der Waals surface area contributed by atoms with Gasteiger partial charge in [0.25, 0.3) is 11.8 Å². The van der Waals surface area contributed by atoms with Crippen LogP contribution in [0.2, 0.25) is 0 Å². The zero-order chi connectivity index (χ0) is 20.5. The van der Waals surface area contributed by atoms with Crippen molar-refractivity contribution in [3.05, 3.63) is 65.5 Å². The average Bonchev–Trinajstić information content (AvgIpc) is 2.78. The van der Waals surface area contributed by atoms with Crippen molar-refractivity contribution >= 4 is 11.8 Å². The van der Waals surface area contributed by atoms with Crippen molar-refractivity contribution in [3.8, 4) is 0 Å². The molecule has 0 unspecified atom stereocenters. The van der Waals surface area contributed by atoms with Crippen molar-refractivity contribution < 1.29 is 14.3 Å². The number of aromatic nitrogens is 1. The largest absolute Gasteiger partial charge is 0.379 e. The van der Waals surface area contributed by atoms with Crippen LogP contribution in [0.3, 0.4) is 0 Å². The Balaban J connectivity index is 1.58. The summed E-state index contributed by atoms with van der Waals surface area (Å²) in [6.45, 7) is 7.54. The summed E-state index contributed by atoms with van der Waals surface area (Å²) in [4.78, 5) is 33.6. The van der Waals surface area contributed by atoms with Crippen molar-refractivity contribution in [1.29, 1.82) is 0 Å². The van der Waals surface area contributed by atoms with Gasteiger partial charge in [-0.2, -0.15) is 0 Å². The fraction of sp³-hybridized carbons (Fsp3) is 0.409. The minimum atomic E-state index is -0.265. The second kappa shape index (κ2) is 10.7. The smallest absolute Gasteiger partial charge is 0.272 e. The highest BCUT2D eigenvalue weighted by Gasteiger charge is 2.18. The molecule has 154 valence electrons. The first-order valence-electron chi connectivity index (χ1n) is 10.1. The standard InChI is InChI=1S/C22H28N4O3/c1-2-26(17-18-7-4-3-5-8-18)22(28)20-10-6-9-19(24-20)21(27)23-11-12-25-13-15-29-16-14-25/h3-10H,2,11-17H2,1H3,(H,23,27). The van der Waals surface area contributed by atoms with Gasteiger partial charge in [0.1, 0.15) is 11.4 Å². The van der Waals surface area contributed by atoms with Gasteiger partial charge in [0.05, 0.1) is 13.2 Å². The Hall–Kier alpha value is -2.77. The number of pyridine rings is 1. The number of benzene rings is 1. The molecule has 1 fully saturated rings. The second-order valence-electron chi connectivity index (χ2n) is 6.92. The third-order valence-corrected chi connectivity index (χ3v) is 4.90. The van der Waals surface area contributed by atoms with E-state index in [4.69, 9.17) is 4.74 Å². The fourth-order valence-electron chi connectivity index (χ4n) is 3.22. The summed E-state index contributed by atoms with van der Waals surface area (Å²) >= 11 is 0. The van der Waals surface area contributed by atoms with E-state index in [-0.39, 0.29) is 23.2 Å². The molecule has 2 heterocycles. The van der Waals surface area contributed by atoms with Gasteiger partial charge in [0.2, 0.25) is 0 Å². The van der Waals surface area contributed by atoms with Crippen LogP contribution in [0.1, 0.15) is 33.5 Å². The Morgan fingerprint density at radius 1 is 1.07 bits per heavy atom. The van der Waals surface area contributed by atoms with E-state index in [0.29, 0.717) is 19.6 Å². The third kappa shape index (κ3) is 6.10. The maximum Gasteiger partial charge on any atom is 0.272 e. The van der Waals surface area contributed by atoms with Gasteiger partial charge < -0.3 is 15.0 Å². The topological polar surface area (TPSA) is 74.8 Å². The molecule has 0 spiro atoms. The normalized spacial score (nSPS) is 14.4. The molecule has 0 radical (unpaired) electrons. The molecule has 2 amide bonds. The summed E-state index contributed by atoms with van der Waals surface area (Å²) in [6, 6.07) is 14.8. The van der Waals surface area contributed by atoms with Gasteiger partial charge in [-0.25, -0.2) is 4.98 Å². The minimum absolute atomic E-state index is 0.181. The first-order valence-corrected chi connectivity index (χ1v) is 10.1. The summed E-state index contributed by atoms with van der Waals surface area (Å²) in [7, 11) is 0. The average molecular weight is 396 g/mol. The summed E-state index contributed by atoms with van der Waals surface area (Å²) < 4.78 is 5.32. The lowest BCUT2D eigenvalue weighted by Gasteiger charge is -2.26. The Labute approximate surface area is 171 Å². The summed E-state index contributed by atoms with van der Waals surface area (Å²) in [6.07, 6.45) is 0. The molecule has 1 N–H and O–H groups in total. The molecule has 0 bridgehead atoms. The van der Waals surface area contributed by atoms with Gasteiger partial charge >= 0.3 is 0 Å². The maximum atomic E-state index is 12.9. The molecule has 7 nitrogen and oxygen atoms in total. The summed E-state index contributed by atoms with van der Waals surface area (Å²) in [5.74, 6) is -0.446. The van der Waals surface area contributed by atoms with Crippen LogP contribution in [0.5, 0.6) is 0 Å². The number of rotatable bonds is 8. The molecular formula is C22H28N4O3. The van der Waals surface area contributed by atoms with Crippen LogP contribution in [-0.2, 0) is 11.3 Å². The molecule has 3 rings (SSSR count). The number of nitrogens with zero attached hydrogens (tertiary/aromatic N) is 3. The van der Waals surface area contributed by atoms with E-state index in [2.05, 4.69) is 15.2 Å². The molecule has 0 aliphatic carbocycles. The van der Waals surface area contributed by atoms with Crippen LogP contribution in [0, 0.1) is 0 Å². The van der Waals surface area contributed by atoms with Crippen LogP contribution in [0.25, 0.3) is 0 Å². The monoisotopic (exact) mass is 396 g/mol. The molecule has 1 aromatic heterocycles. The molecule has 1 aromatic carbocycles. The number of hydrogen-bond donors (Lipinski definition) is 1. The molecule has 7 heteroatoms. The third-order valence-electron chi connectivity index (χ3n) is 4.90. The highest BCUT2D eigenvalue weighted by Crippen LogP contribution is 2.09. The molecule has 29 heavy (non-hydrogen) atoms. The van der Waals surface area contributed by atoms with Crippen molar-refractivity contribution in [2.45, 2.75) is 13.5 Å². The number of carbonyl (C=O) groups is 2. The molecule has 2 aromatic rings. The SMILES string of the molecule is CCN(Cc1ccccc1)C(=O)c1cccc(C(=O)NCCN2CCOCC2)n1. The number of carbonyl (C=O) groups excluding carboxylic acids is 2. The van der Waals surface area contributed by atoms with Crippen LogP contribution in [-0.4, -0.2) is 72.5 Å². The summed E-state index contributed by atoms with van der Waals surface area (Å²) in [5, 5.41) is 2.89. The molecule has 1 saturated heterocycles. The predicted molar refractivity (Wildman–Crippen MR) is 111 cm³/mol. The van der Waals surface area contributed by atoms with Crippen LogP contribution in [0.15, 0.2) is 48.5 Å². The molecule has 0 atom stereocenters. The van der Waals surface area contributed by atoms with E-state index in [9.17, 15) is 9.59 Å². The lowest BCUT2D eigenvalue weighted by molar-refractivity contribution is 0.0383. The number of amides is 2. The van der Waals surface area contributed by atoms with E-state index in [1.54, 1.807) is 23.1 Å². The number of morpholine rings is 1. The molecule has 1 aliphatic heterocycles. The van der Waals surface area contributed by atoms with Crippen molar-refractivity contribution in [2.75, 3.05) is 45.9 Å². The van der Waals surface area contributed by atoms with E-state index in [1.807, 2.05) is 37.3 Å². The van der Waals surface area contributed by atoms with Gasteiger partial charge in [-0.05, 0) is 24.6 Å². The highest BCUT2D eigenvalue weighted by molar-refractivity contribution is 5.96. The zero-order valence-electron chi connectivity index (χ0n) is 16.8. The van der Waals surface area contributed by atoms with Gasteiger partial charge in [0, 0.05) is 39.3 Å². The number of hydrogen-bond acceptors (Lipinski definition) is 5. The summed E-state index contributed by atoms with van der Waals surface area (Å²) in [5.41, 5.74) is 1.59. The van der Waals surface area contributed by atoms with Gasteiger partial charge in [-0.1, -0.05) is 36.4 Å². The van der Waals surface area contributed by atoms with E-state index >= 15 is 0 Å². The fourth-order valence-corrected chi connectivity index (χ4v) is 3.22. The van der Waals surface area contributed by atoms with Gasteiger partial charge in [0.15, 0.2) is 0 Å². The van der Waals surface area contributed by atoms with Crippen molar-refractivity contribution in [2.24, 2.45) is 0 Å². The Morgan fingerprint density at radius 3 is 2.52 bits per heavy atom. The highest BCUT2D eigenvalue weighted by atomic mass is 16.5.